The molecule has 0 bridgehead atoms. The van der Waals surface area contributed by atoms with Crippen molar-refractivity contribution in [2.24, 2.45) is 21.5 Å². The summed E-state index contributed by atoms with van der Waals surface area (Å²) < 4.78 is 0. The second kappa shape index (κ2) is 12.7. The third-order valence-electron chi connectivity index (χ3n) is 3.48. The van der Waals surface area contributed by atoms with Crippen LogP contribution in [0.1, 0.15) is 11.3 Å². The Morgan fingerprint density at radius 3 is 2.07 bits per heavy atom. The predicted molar refractivity (Wildman–Crippen MR) is 111 cm³/mol. The van der Waals surface area contributed by atoms with E-state index in [9.17, 15) is 0 Å². The molecular formula is C15H24N10S2. The first kappa shape index (κ1) is 22.5. The van der Waals surface area contributed by atoms with Crippen molar-refractivity contribution in [3.63, 3.8) is 0 Å². The van der Waals surface area contributed by atoms with E-state index in [1.165, 1.54) is 9.80 Å². The van der Waals surface area contributed by atoms with Crippen LogP contribution in [0.4, 0.5) is 0 Å². The largest absolute Gasteiger partial charge is 0.369 e. The minimum absolute atomic E-state index is 0.218. The van der Waals surface area contributed by atoms with Gasteiger partial charge in [-0.2, -0.15) is 39.1 Å². The van der Waals surface area contributed by atoms with E-state index in [1.807, 2.05) is 18.6 Å². The summed E-state index contributed by atoms with van der Waals surface area (Å²) in [6.45, 7) is 1.01. The number of guanidine groups is 2. The second-order valence-electron chi connectivity index (χ2n) is 5.13. The molecule has 0 aliphatic rings. The van der Waals surface area contributed by atoms with Gasteiger partial charge in [0.1, 0.15) is 0 Å². The number of nitrogens with two attached hydrogens (primary N) is 2. The van der Waals surface area contributed by atoms with Crippen molar-refractivity contribution in [2.75, 3.05) is 38.7 Å². The molecule has 0 amide bonds. The first-order valence-electron chi connectivity index (χ1n) is 8.03. The quantitative estimate of drug-likeness (QED) is 0.163. The maximum absolute atomic E-state index is 9.03. The van der Waals surface area contributed by atoms with Gasteiger partial charge in [-0.1, -0.05) is 0 Å². The number of hydrogen-bond donors (Lipinski definition) is 3. The van der Waals surface area contributed by atoms with Crippen LogP contribution in [0.2, 0.25) is 0 Å². The summed E-state index contributed by atoms with van der Waals surface area (Å²) in [5.41, 5.74) is 13.4. The fourth-order valence-electron chi connectivity index (χ4n) is 1.93. The zero-order chi connectivity index (χ0) is 20.1. The molecule has 5 N–H and O–H groups in total. The number of H-pyrrole nitrogens is 1. The summed E-state index contributed by atoms with van der Waals surface area (Å²) in [4.78, 5) is 10.3. The highest BCUT2D eigenvalue weighted by molar-refractivity contribution is 7.98. The van der Waals surface area contributed by atoms with Crippen LogP contribution < -0.4 is 11.5 Å². The fraction of sp³-hybridized carbons (Fsp3) is 0.533. The van der Waals surface area contributed by atoms with Gasteiger partial charge in [0.15, 0.2) is 12.4 Å². The third-order valence-corrected chi connectivity index (χ3v) is 5.41. The number of aromatic amines is 1. The van der Waals surface area contributed by atoms with E-state index >= 15 is 0 Å². The second-order valence-corrected chi connectivity index (χ2v) is 7.34. The first-order chi connectivity index (χ1) is 13.1. The Morgan fingerprint density at radius 1 is 1.07 bits per heavy atom. The van der Waals surface area contributed by atoms with Crippen LogP contribution in [0.25, 0.3) is 0 Å². The molecule has 1 heterocycles. The molecule has 12 heteroatoms. The first-order valence-corrected chi connectivity index (χ1v) is 10.3. The molecular weight excluding hydrogens is 384 g/mol. The Morgan fingerprint density at radius 2 is 1.59 bits per heavy atom. The summed E-state index contributed by atoms with van der Waals surface area (Å²) in [7, 11) is 3.11. The minimum Gasteiger partial charge on any atom is -0.369 e. The molecule has 0 spiro atoms. The van der Waals surface area contributed by atoms with E-state index in [2.05, 4.69) is 20.2 Å². The topological polar surface area (TPSA) is 160 Å². The minimum atomic E-state index is 0.218. The highest BCUT2D eigenvalue weighted by Gasteiger charge is 2.10. The van der Waals surface area contributed by atoms with Crippen molar-refractivity contribution < 1.29 is 0 Å². The number of hydrogen-bond acceptors (Lipinski definition) is 7. The van der Waals surface area contributed by atoms with Crippen molar-refractivity contribution in [3.8, 4) is 12.4 Å². The van der Waals surface area contributed by atoms with Crippen LogP contribution in [0.15, 0.2) is 16.2 Å². The van der Waals surface area contributed by atoms with Gasteiger partial charge in [0.05, 0.1) is 5.69 Å². The van der Waals surface area contributed by atoms with Crippen LogP contribution in [0.5, 0.6) is 0 Å². The zero-order valence-corrected chi connectivity index (χ0v) is 17.1. The number of nitrogens with zero attached hydrogens (tertiary/aromatic N) is 7. The summed E-state index contributed by atoms with van der Waals surface area (Å²) in [6.07, 6.45) is 5.91. The van der Waals surface area contributed by atoms with Gasteiger partial charge in [-0.3, -0.25) is 15.1 Å². The molecule has 0 saturated heterocycles. The molecule has 0 atom stereocenters. The average Bonchev–Trinajstić information content (AvgIpc) is 3.14. The Bertz CT molecular complexity index is 656. The van der Waals surface area contributed by atoms with Gasteiger partial charge in [0.2, 0.25) is 11.9 Å². The lowest BCUT2D eigenvalue weighted by atomic mass is 10.3. The van der Waals surface area contributed by atoms with Gasteiger partial charge < -0.3 is 11.5 Å². The molecule has 1 aromatic heterocycles. The lowest BCUT2D eigenvalue weighted by molar-refractivity contribution is 0.606. The molecule has 1 rings (SSSR count). The van der Waals surface area contributed by atoms with Gasteiger partial charge in [-0.05, 0) is 0 Å². The summed E-state index contributed by atoms with van der Waals surface area (Å²) >= 11 is 3.37. The lowest BCUT2D eigenvalue weighted by Crippen LogP contribution is -2.34. The Kier molecular flexibility index (Phi) is 10.6. The van der Waals surface area contributed by atoms with Crippen molar-refractivity contribution in [1.29, 1.82) is 10.5 Å². The van der Waals surface area contributed by atoms with Crippen LogP contribution >= 0.6 is 23.5 Å². The van der Waals surface area contributed by atoms with Crippen molar-refractivity contribution in [2.45, 2.75) is 11.5 Å². The average molecular weight is 409 g/mol. The number of nitriles is 2. The normalized spacial score (nSPS) is 11.7. The summed E-state index contributed by atoms with van der Waals surface area (Å²) in [5, 5.41) is 25.2. The van der Waals surface area contributed by atoms with E-state index in [0.29, 0.717) is 13.1 Å². The molecule has 10 nitrogen and oxygen atoms in total. The van der Waals surface area contributed by atoms with Crippen LogP contribution in [0, 0.1) is 22.9 Å². The van der Waals surface area contributed by atoms with Crippen molar-refractivity contribution >= 4 is 35.4 Å². The molecule has 0 fully saturated rings. The van der Waals surface area contributed by atoms with Gasteiger partial charge in [0.25, 0.3) is 0 Å². The van der Waals surface area contributed by atoms with Gasteiger partial charge >= 0.3 is 0 Å². The lowest BCUT2D eigenvalue weighted by Gasteiger charge is -2.13. The molecule has 1 aromatic rings. The number of thioether (sulfide) groups is 2. The maximum atomic E-state index is 9.03. The van der Waals surface area contributed by atoms with E-state index in [0.717, 1.165) is 34.3 Å². The van der Waals surface area contributed by atoms with Crippen LogP contribution in [-0.4, -0.2) is 70.6 Å². The fourth-order valence-corrected chi connectivity index (χ4v) is 3.75. The van der Waals surface area contributed by atoms with Crippen molar-refractivity contribution in [1.82, 2.24) is 20.0 Å². The van der Waals surface area contributed by atoms with E-state index in [4.69, 9.17) is 22.0 Å². The predicted octanol–water partition coefficient (Wildman–Crippen LogP) is 0.331. The number of aromatic nitrogens is 2. The van der Waals surface area contributed by atoms with E-state index in [-0.39, 0.29) is 11.9 Å². The standard InChI is InChI=1S/C15H24N10S2/c1-20-14(18)24(10-16)3-5-26-8-12-7-22-23-13(12)9-27-6-4-25(11-17)15(19)21-2/h7H,3-6,8-9H2,1-2H3,(H2,18,20)(H2,19,21)(H,22,23). The number of nitrogens with one attached hydrogen (secondary N) is 1. The maximum Gasteiger partial charge on any atom is 0.204 e. The monoisotopic (exact) mass is 408 g/mol. The third kappa shape index (κ3) is 7.68. The highest BCUT2D eigenvalue weighted by atomic mass is 32.2. The highest BCUT2D eigenvalue weighted by Crippen LogP contribution is 2.19. The smallest absolute Gasteiger partial charge is 0.204 e. The van der Waals surface area contributed by atoms with Gasteiger partial charge in [-0.15, -0.1) is 0 Å². The molecule has 0 aromatic carbocycles. The summed E-state index contributed by atoms with van der Waals surface area (Å²) in [5.74, 6) is 3.44. The molecule has 0 saturated carbocycles. The van der Waals surface area contributed by atoms with E-state index < -0.39 is 0 Å². The van der Waals surface area contributed by atoms with Gasteiger partial charge in [-0.25, -0.2) is 9.80 Å². The molecule has 0 radical (unpaired) electrons. The van der Waals surface area contributed by atoms with E-state index in [1.54, 1.807) is 37.6 Å². The SMILES string of the molecule is C/N=C(\N)N(C#N)CCSCc1c[nH]nc1CSCCN(C#N)/C(N)=N/C. The number of rotatable bonds is 10. The molecule has 27 heavy (non-hydrogen) atoms. The Balaban J connectivity index is 2.36. The molecule has 0 unspecified atom stereocenters. The van der Waals surface area contributed by atoms with Crippen LogP contribution in [-0.2, 0) is 11.5 Å². The summed E-state index contributed by atoms with van der Waals surface area (Å²) in [6, 6.07) is 0. The zero-order valence-electron chi connectivity index (χ0n) is 15.4. The molecule has 146 valence electrons. The van der Waals surface area contributed by atoms with Crippen LogP contribution in [0.3, 0.4) is 0 Å². The van der Waals surface area contributed by atoms with Crippen molar-refractivity contribution in [3.05, 3.63) is 17.5 Å². The molecule has 0 aliphatic heterocycles. The molecule has 0 aliphatic carbocycles. The Hall–Kier alpha value is -2.57. The Labute approximate surface area is 167 Å². The van der Waals surface area contributed by atoms with Gasteiger partial charge in [0, 0.05) is 62.0 Å². The number of aliphatic imine (C=N–C) groups is 2.